The Morgan fingerprint density at radius 1 is 1.06 bits per heavy atom. The molecule has 89 valence electrons. The molecule has 0 bridgehead atoms. The first kappa shape index (κ1) is 21.4. The van der Waals surface area contributed by atoms with E-state index in [1.165, 1.54) is 16.5 Å². The van der Waals surface area contributed by atoms with Crippen molar-refractivity contribution < 1.29 is 54.6 Å². The van der Waals surface area contributed by atoms with Gasteiger partial charge in [-0.3, -0.25) is 0 Å². The second-order valence-electron chi connectivity index (χ2n) is 2.90. The molecule has 2 nitrogen and oxygen atoms in total. The van der Waals surface area contributed by atoms with Crippen molar-refractivity contribution in [3.63, 3.8) is 0 Å². The Labute approximate surface area is 125 Å². The van der Waals surface area contributed by atoms with Gasteiger partial charge in [-0.15, -0.1) is 0 Å². The fourth-order valence-electron chi connectivity index (χ4n) is 1.49. The predicted octanol–water partition coefficient (Wildman–Crippen LogP) is -7.32. The molecular weight excluding hydrogens is 306 g/mol. The van der Waals surface area contributed by atoms with E-state index in [4.69, 9.17) is 5.73 Å². The van der Waals surface area contributed by atoms with Crippen molar-refractivity contribution in [3.05, 3.63) is 36.0 Å². The van der Waals surface area contributed by atoms with Crippen molar-refractivity contribution in [2.24, 2.45) is 5.73 Å². The molecule has 0 aliphatic heterocycles. The fraction of sp³-hybridized carbons (Fsp3) is 0.200. The average molecular weight is 319 g/mol. The van der Waals surface area contributed by atoms with E-state index in [-0.39, 0.29) is 54.6 Å². The Morgan fingerprint density at radius 3 is 2.31 bits per heavy atom. The number of hydrogen-bond donors (Lipinski definition) is 2. The largest absolute Gasteiger partial charge is 3.00 e. The minimum absolute atomic E-state index is 0. The summed E-state index contributed by atoms with van der Waals surface area (Å²) in [5.74, 6) is 0. The van der Waals surface area contributed by atoms with Crippen LogP contribution < -0.4 is 43.0 Å². The van der Waals surface area contributed by atoms with Gasteiger partial charge >= 0.3 is 17.4 Å². The summed E-state index contributed by atoms with van der Waals surface area (Å²) in [6, 6.07) is 8.29. The molecule has 0 saturated carbocycles. The van der Waals surface area contributed by atoms with Crippen LogP contribution in [0.5, 0.6) is 0 Å². The van der Waals surface area contributed by atoms with E-state index < -0.39 is 0 Å². The van der Waals surface area contributed by atoms with Crippen molar-refractivity contribution in [2.45, 2.75) is 6.42 Å². The van der Waals surface area contributed by atoms with Crippen LogP contribution in [0.25, 0.3) is 10.9 Å². The molecule has 1 aromatic heterocycles. The molecule has 16 heavy (non-hydrogen) atoms. The minimum Gasteiger partial charge on any atom is -1.00 e. The number of nitrogens with two attached hydrogens (primary N) is 1. The van der Waals surface area contributed by atoms with Crippen molar-refractivity contribution in [2.75, 3.05) is 6.54 Å². The first-order chi connectivity index (χ1) is 5.92. The molecule has 1 radical (unpaired) electrons. The van der Waals surface area contributed by atoms with Crippen LogP contribution in [0.2, 0.25) is 0 Å². The van der Waals surface area contributed by atoms with E-state index in [9.17, 15) is 0 Å². The van der Waals surface area contributed by atoms with Gasteiger partial charge < -0.3 is 47.9 Å². The van der Waals surface area contributed by atoms with Gasteiger partial charge in [0.05, 0.1) is 0 Å². The summed E-state index contributed by atoms with van der Waals surface area (Å²) in [5, 5.41) is 1.29. The normalized spacial score (nSPS) is 8.06. The Morgan fingerprint density at radius 2 is 1.69 bits per heavy atom. The van der Waals surface area contributed by atoms with Crippen LogP contribution in [0.15, 0.2) is 30.5 Å². The van der Waals surface area contributed by atoms with E-state index in [0.29, 0.717) is 6.54 Å². The van der Waals surface area contributed by atoms with Crippen molar-refractivity contribution in [1.82, 2.24) is 4.98 Å². The number of aromatic amines is 1. The van der Waals surface area contributed by atoms with Crippen molar-refractivity contribution in [1.29, 1.82) is 0 Å². The summed E-state index contributed by atoms with van der Waals surface area (Å²) in [5.41, 5.74) is 8.01. The molecule has 0 amide bonds. The number of aromatic nitrogens is 1. The number of fused-ring (bicyclic) bond motifs is 1. The van der Waals surface area contributed by atoms with Gasteiger partial charge in [0.1, 0.15) is 0 Å². The van der Waals surface area contributed by atoms with Gasteiger partial charge in [-0.25, -0.2) is 0 Å². The van der Waals surface area contributed by atoms with E-state index in [0.717, 1.165) is 6.42 Å². The molecule has 0 saturated heterocycles. The molecule has 1 heterocycles. The predicted molar refractivity (Wildman–Crippen MR) is 51.1 cm³/mol. The summed E-state index contributed by atoms with van der Waals surface area (Å²) >= 11 is 0. The van der Waals surface area contributed by atoms with E-state index in [1.807, 2.05) is 12.3 Å². The maximum absolute atomic E-state index is 5.50. The van der Waals surface area contributed by atoms with Gasteiger partial charge in [-0.1, -0.05) is 18.2 Å². The van der Waals surface area contributed by atoms with Gasteiger partial charge in [0.15, 0.2) is 0 Å². The fourth-order valence-corrected chi connectivity index (χ4v) is 1.49. The molecule has 0 spiro atoms. The number of rotatable bonds is 2. The Balaban J connectivity index is -0.000000422. The zero-order valence-electron chi connectivity index (χ0n) is 8.42. The second-order valence-corrected chi connectivity index (χ2v) is 2.90. The molecule has 1 aromatic carbocycles. The zero-order chi connectivity index (χ0) is 8.39. The Hall–Kier alpha value is 0.122. The van der Waals surface area contributed by atoms with Crippen LogP contribution in [0, 0.1) is 0 Å². The number of nitrogens with one attached hydrogen (secondary N) is 1. The monoisotopic (exact) mass is 317 g/mol. The Bertz CT molecular complexity index is 392. The molecule has 0 fully saturated rings. The summed E-state index contributed by atoms with van der Waals surface area (Å²) in [6.45, 7) is 0.710. The maximum Gasteiger partial charge on any atom is 3.00 e. The van der Waals surface area contributed by atoms with Crippen LogP contribution in [0.3, 0.4) is 0 Å². The third kappa shape index (κ3) is 4.55. The Kier molecular flexibility index (Phi) is 13.8. The summed E-state index contributed by atoms with van der Waals surface area (Å²) < 4.78 is 0. The second kappa shape index (κ2) is 10.3. The molecule has 0 atom stereocenters. The molecule has 0 aliphatic rings. The molecule has 2 aromatic rings. The van der Waals surface area contributed by atoms with Gasteiger partial charge in [-0.05, 0) is 24.6 Å². The molecule has 0 aliphatic carbocycles. The topological polar surface area (TPSA) is 41.8 Å². The number of halogens is 3. The third-order valence-electron chi connectivity index (χ3n) is 2.09. The van der Waals surface area contributed by atoms with Crippen molar-refractivity contribution >= 4 is 10.9 Å². The van der Waals surface area contributed by atoms with Gasteiger partial charge in [0.25, 0.3) is 0 Å². The average Bonchev–Trinajstić information content (AvgIpc) is 2.50. The first-order valence-electron chi connectivity index (χ1n) is 4.17. The minimum atomic E-state index is 0. The first-order valence-corrected chi connectivity index (χ1v) is 4.17. The quantitative estimate of drug-likeness (QED) is 0.568. The van der Waals surface area contributed by atoms with Crippen LogP contribution in [-0.2, 0) is 23.8 Å². The number of para-hydroxylation sites is 1. The standard InChI is InChI=1S/C10H12N2.3ClH.Cr/c11-6-5-8-7-12-10-4-2-1-3-9(8)10;;;;/h1-4,7,12H,5-6,11H2;3*1H;/q;;;;+3/p-3. The summed E-state index contributed by atoms with van der Waals surface area (Å²) in [4.78, 5) is 3.22. The van der Waals surface area contributed by atoms with Crippen LogP contribution in [-0.4, -0.2) is 11.5 Å². The molecule has 0 unspecified atom stereocenters. The zero-order valence-corrected chi connectivity index (χ0v) is 12.0. The van der Waals surface area contributed by atoms with E-state index in [1.54, 1.807) is 0 Å². The van der Waals surface area contributed by atoms with Crippen LogP contribution >= 0.6 is 0 Å². The molecule has 2 rings (SSSR count). The number of H-pyrrole nitrogens is 1. The van der Waals surface area contributed by atoms with Gasteiger partial charge in [0, 0.05) is 17.1 Å². The maximum atomic E-state index is 5.50. The van der Waals surface area contributed by atoms with Crippen LogP contribution in [0.4, 0.5) is 0 Å². The molecule has 3 N–H and O–H groups in total. The van der Waals surface area contributed by atoms with E-state index >= 15 is 0 Å². The van der Waals surface area contributed by atoms with Gasteiger partial charge in [0.2, 0.25) is 0 Å². The van der Waals surface area contributed by atoms with Crippen LogP contribution in [0.1, 0.15) is 5.56 Å². The third-order valence-corrected chi connectivity index (χ3v) is 2.09. The van der Waals surface area contributed by atoms with Crippen molar-refractivity contribution in [3.8, 4) is 0 Å². The number of benzene rings is 1. The summed E-state index contributed by atoms with van der Waals surface area (Å²) in [6.07, 6.45) is 2.99. The summed E-state index contributed by atoms with van der Waals surface area (Å²) in [7, 11) is 0. The SMILES string of the molecule is NCCc1c[nH]c2ccccc12.[Cl-].[Cl-].[Cl-].[Cr+3]. The molecular formula is C10H12Cl3CrN2. The van der Waals surface area contributed by atoms with E-state index in [2.05, 4.69) is 23.2 Å². The molecule has 6 heteroatoms. The number of hydrogen-bond acceptors (Lipinski definition) is 1. The smallest absolute Gasteiger partial charge is 1.00 e. The van der Waals surface area contributed by atoms with Gasteiger partial charge in [-0.2, -0.15) is 0 Å².